The Bertz CT molecular complexity index is 2540. The number of aryl methyl sites for hydroxylation is 2. The van der Waals surface area contributed by atoms with Crippen molar-refractivity contribution in [3.05, 3.63) is 165 Å². The molecule has 0 bridgehead atoms. The number of benzene rings is 5. The van der Waals surface area contributed by atoms with Gasteiger partial charge in [0.05, 0.1) is 11.1 Å². The summed E-state index contributed by atoms with van der Waals surface area (Å²) in [5.41, 5.74) is 14.3. The van der Waals surface area contributed by atoms with Crippen LogP contribution in [0.15, 0.2) is 121 Å². The minimum Gasteiger partial charge on any atom is -0.422 e. The van der Waals surface area contributed by atoms with Crippen molar-refractivity contribution in [2.45, 2.75) is 141 Å². The molecule has 5 aromatic carbocycles. The molecule has 328 valence electrons. The Labute approximate surface area is 381 Å². The fourth-order valence-electron chi connectivity index (χ4n) is 11.6. The molecule has 0 aliphatic heterocycles. The third kappa shape index (κ3) is 9.08. The van der Waals surface area contributed by atoms with E-state index < -0.39 is 0 Å². The SMILES string of the molecule is CC1CCC(c2ccc(-c3ccc(C(=O)Oc4ccc5c(c4-c4c(OC(=O)C6=CCC(c7ccc(C8CCC(C)CC8)cc7)C=C6)ccc6c4CCCC6)CCCC5)cc3)cc2)CC1. The molecular weight excluding hydrogens is 785 g/mol. The van der Waals surface area contributed by atoms with Crippen LogP contribution in [0.1, 0.15) is 164 Å². The molecule has 10 rings (SSSR count). The van der Waals surface area contributed by atoms with Gasteiger partial charge < -0.3 is 9.47 Å². The van der Waals surface area contributed by atoms with Crippen LogP contribution in [0.25, 0.3) is 22.3 Å². The third-order valence-corrected chi connectivity index (χ3v) is 15.7. The number of esters is 2. The van der Waals surface area contributed by atoms with Crippen LogP contribution >= 0.6 is 0 Å². The molecule has 0 radical (unpaired) electrons. The first kappa shape index (κ1) is 42.5. The average molecular weight is 849 g/mol. The maximum atomic E-state index is 14.1. The molecule has 4 heteroatoms. The normalized spacial score (nSPS) is 23.0. The van der Waals surface area contributed by atoms with E-state index in [1.54, 1.807) is 0 Å². The number of rotatable bonds is 9. The zero-order chi connectivity index (χ0) is 43.6. The molecular formula is C60H64O4. The summed E-state index contributed by atoms with van der Waals surface area (Å²) in [6, 6.07) is 34.3. The van der Waals surface area contributed by atoms with Crippen LogP contribution in [0.4, 0.5) is 0 Å². The summed E-state index contributed by atoms with van der Waals surface area (Å²) in [6.07, 6.45) is 25.4. The van der Waals surface area contributed by atoms with Gasteiger partial charge in [0.2, 0.25) is 0 Å². The molecule has 1 atom stereocenters. The maximum Gasteiger partial charge on any atom is 0.343 e. The molecule has 0 spiro atoms. The first-order valence-electron chi connectivity index (χ1n) is 24.8. The zero-order valence-corrected chi connectivity index (χ0v) is 38.0. The van der Waals surface area contributed by atoms with Gasteiger partial charge in [0, 0.05) is 17.0 Å². The van der Waals surface area contributed by atoms with Crippen molar-refractivity contribution in [2.75, 3.05) is 0 Å². The van der Waals surface area contributed by atoms with Crippen molar-refractivity contribution in [1.29, 1.82) is 0 Å². The highest BCUT2D eigenvalue weighted by Gasteiger charge is 2.30. The summed E-state index contributed by atoms with van der Waals surface area (Å²) in [4.78, 5) is 28.3. The van der Waals surface area contributed by atoms with Gasteiger partial charge in [0.15, 0.2) is 0 Å². The van der Waals surface area contributed by atoms with Gasteiger partial charge in [-0.25, -0.2) is 9.59 Å². The summed E-state index contributed by atoms with van der Waals surface area (Å²) in [6.45, 7) is 4.75. The van der Waals surface area contributed by atoms with Crippen LogP contribution in [-0.2, 0) is 30.5 Å². The van der Waals surface area contributed by atoms with E-state index in [0.717, 1.165) is 91.9 Å². The number of fused-ring (bicyclic) bond motifs is 2. The first-order chi connectivity index (χ1) is 31.3. The Morgan fingerprint density at radius 2 is 0.938 bits per heavy atom. The summed E-state index contributed by atoms with van der Waals surface area (Å²) < 4.78 is 12.9. The van der Waals surface area contributed by atoms with Crippen LogP contribution in [0.2, 0.25) is 0 Å². The standard InChI is InChI=1S/C60H64O4/c1-39-11-15-41(16-12-39)43-19-23-45(24-20-43)47-27-31-51(32-28-47)59(61)63-55-37-35-49-7-3-5-9-53(49)57(55)58-54-10-6-4-8-50(54)36-38-56(58)64-60(62)52-33-29-48(30-34-52)46-25-21-44(22-26-46)42-17-13-40(2)14-18-42/h19-29,31-42,48H,3-18,30H2,1-2H3. The largest absolute Gasteiger partial charge is 0.422 e. The predicted molar refractivity (Wildman–Crippen MR) is 259 cm³/mol. The van der Waals surface area contributed by atoms with Gasteiger partial charge in [0.1, 0.15) is 11.5 Å². The first-order valence-corrected chi connectivity index (χ1v) is 24.8. The summed E-state index contributed by atoms with van der Waals surface area (Å²) in [7, 11) is 0. The molecule has 0 N–H and O–H groups in total. The highest BCUT2D eigenvalue weighted by Crippen LogP contribution is 2.48. The van der Waals surface area contributed by atoms with E-state index in [4.69, 9.17) is 9.47 Å². The van der Waals surface area contributed by atoms with Gasteiger partial charge in [-0.15, -0.1) is 0 Å². The highest BCUT2D eigenvalue weighted by atomic mass is 16.5. The van der Waals surface area contributed by atoms with Gasteiger partial charge >= 0.3 is 11.9 Å². The Kier molecular flexibility index (Phi) is 12.6. The van der Waals surface area contributed by atoms with Crippen LogP contribution in [-0.4, -0.2) is 11.9 Å². The van der Waals surface area contributed by atoms with E-state index in [1.807, 2.05) is 48.6 Å². The molecule has 0 amide bonds. The fourth-order valence-corrected chi connectivity index (χ4v) is 11.6. The lowest BCUT2D eigenvalue weighted by Gasteiger charge is -2.27. The number of allylic oxidation sites excluding steroid dienone is 2. The van der Waals surface area contributed by atoms with Crippen molar-refractivity contribution >= 4 is 11.9 Å². The lowest BCUT2D eigenvalue weighted by atomic mass is 9.79. The Balaban J connectivity index is 0.890. The molecule has 0 aromatic heterocycles. The maximum absolute atomic E-state index is 14.1. The van der Waals surface area contributed by atoms with Crippen LogP contribution in [0, 0.1) is 11.8 Å². The predicted octanol–water partition coefficient (Wildman–Crippen LogP) is 15.2. The van der Waals surface area contributed by atoms with E-state index >= 15 is 0 Å². The van der Waals surface area contributed by atoms with Crippen molar-refractivity contribution in [1.82, 2.24) is 0 Å². The number of carbonyl (C=O) groups excluding carboxylic acids is 2. The molecule has 5 aromatic rings. The van der Waals surface area contributed by atoms with E-state index in [9.17, 15) is 9.59 Å². The van der Waals surface area contributed by atoms with Gasteiger partial charge in [-0.1, -0.05) is 131 Å². The molecule has 0 heterocycles. The van der Waals surface area contributed by atoms with Gasteiger partial charge in [0.25, 0.3) is 0 Å². The summed E-state index contributed by atoms with van der Waals surface area (Å²) >= 11 is 0. The second-order valence-electron chi connectivity index (χ2n) is 20.0. The smallest absolute Gasteiger partial charge is 0.343 e. The van der Waals surface area contributed by atoms with Crippen LogP contribution < -0.4 is 9.47 Å². The second kappa shape index (κ2) is 18.9. The number of hydrogen-bond donors (Lipinski definition) is 0. The Hall–Kier alpha value is -5.48. The monoisotopic (exact) mass is 848 g/mol. The molecule has 0 saturated heterocycles. The number of ether oxygens (including phenoxy) is 2. The minimum atomic E-state index is -0.390. The van der Waals surface area contributed by atoms with Crippen molar-refractivity contribution in [3.8, 4) is 33.8 Å². The van der Waals surface area contributed by atoms with Gasteiger partial charge in [-0.05, 0) is 181 Å². The van der Waals surface area contributed by atoms with E-state index in [-0.39, 0.29) is 17.9 Å². The van der Waals surface area contributed by atoms with Gasteiger partial charge in [-0.2, -0.15) is 0 Å². The lowest BCUT2D eigenvalue weighted by Crippen LogP contribution is -2.16. The molecule has 4 nitrogen and oxygen atoms in total. The van der Waals surface area contributed by atoms with E-state index in [1.165, 1.54) is 90.3 Å². The Morgan fingerprint density at radius 1 is 0.484 bits per heavy atom. The topological polar surface area (TPSA) is 52.6 Å². The number of hydrogen-bond acceptors (Lipinski definition) is 4. The quantitative estimate of drug-likeness (QED) is 0.110. The molecule has 64 heavy (non-hydrogen) atoms. The molecule has 5 aliphatic carbocycles. The Morgan fingerprint density at radius 3 is 1.44 bits per heavy atom. The van der Waals surface area contributed by atoms with E-state index in [2.05, 4.69) is 80.6 Å². The molecule has 2 fully saturated rings. The van der Waals surface area contributed by atoms with E-state index in [0.29, 0.717) is 34.5 Å². The summed E-state index contributed by atoms with van der Waals surface area (Å²) in [5, 5.41) is 0. The molecule has 1 unspecified atom stereocenters. The molecule has 5 aliphatic rings. The van der Waals surface area contributed by atoms with Crippen molar-refractivity contribution < 1.29 is 19.1 Å². The van der Waals surface area contributed by atoms with Crippen molar-refractivity contribution in [3.63, 3.8) is 0 Å². The van der Waals surface area contributed by atoms with Crippen molar-refractivity contribution in [2.24, 2.45) is 11.8 Å². The second-order valence-corrected chi connectivity index (χ2v) is 20.0. The lowest BCUT2D eigenvalue weighted by molar-refractivity contribution is -0.129. The number of carbonyl (C=O) groups is 2. The van der Waals surface area contributed by atoms with Gasteiger partial charge in [-0.3, -0.25) is 0 Å². The fraction of sp³-hybridized carbons (Fsp3) is 0.400. The van der Waals surface area contributed by atoms with Crippen LogP contribution in [0.5, 0.6) is 11.5 Å². The zero-order valence-electron chi connectivity index (χ0n) is 38.0. The summed E-state index contributed by atoms with van der Waals surface area (Å²) in [5.74, 6) is 3.57. The average Bonchev–Trinajstić information content (AvgIpc) is 3.35. The van der Waals surface area contributed by atoms with Crippen LogP contribution in [0.3, 0.4) is 0 Å². The molecule has 2 saturated carbocycles. The highest BCUT2D eigenvalue weighted by molar-refractivity contribution is 5.97. The minimum absolute atomic E-state index is 0.224. The third-order valence-electron chi connectivity index (χ3n) is 15.7.